The van der Waals surface area contributed by atoms with Gasteiger partial charge in [0.25, 0.3) is 0 Å². The molecule has 0 unspecified atom stereocenters. The molecule has 1 atom stereocenters. The van der Waals surface area contributed by atoms with Crippen LogP contribution in [0.5, 0.6) is 0 Å². The predicted molar refractivity (Wildman–Crippen MR) is 73.2 cm³/mol. The van der Waals surface area contributed by atoms with Gasteiger partial charge in [0.2, 0.25) is 0 Å². The summed E-state index contributed by atoms with van der Waals surface area (Å²) in [6.45, 7) is 1.00. The van der Waals surface area contributed by atoms with Crippen LogP contribution >= 0.6 is 0 Å². The number of benzene rings is 1. The van der Waals surface area contributed by atoms with Crippen molar-refractivity contribution in [3.05, 3.63) is 34.9 Å². The van der Waals surface area contributed by atoms with Crippen molar-refractivity contribution in [2.24, 2.45) is 0 Å². The highest BCUT2D eigenvalue weighted by atomic mass is 19.1. The minimum atomic E-state index is -1.13. The zero-order chi connectivity index (χ0) is 15.6. The lowest BCUT2D eigenvalue weighted by atomic mass is 9.85. The van der Waals surface area contributed by atoms with Gasteiger partial charge in [0, 0.05) is 19.3 Å². The molecule has 0 radical (unpaired) electrons. The van der Waals surface area contributed by atoms with Crippen molar-refractivity contribution in [2.75, 3.05) is 27.3 Å². The first kappa shape index (κ1) is 15.9. The Morgan fingerprint density at radius 1 is 1.33 bits per heavy atom. The average Bonchev–Trinajstić information content (AvgIpc) is 2.38. The molecule has 0 spiro atoms. The summed E-state index contributed by atoms with van der Waals surface area (Å²) in [5.74, 6) is -2.70. The molecule has 0 aromatic heterocycles. The number of ether oxygens (including phenoxy) is 1. The Bertz CT molecular complexity index is 528. The first-order chi connectivity index (χ1) is 9.91. The van der Waals surface area contributed by atoms with Crippen LogP contribution in [0.4, 0.5) is 8.78 Å². The maximum atomic E-state index is 14.3. The minimum Gasteiger partial charge on any atom is -0.480 e. The number of rotatable bonds is 4. The molecule has 1 saturated heterocycles. The fraction of sp³-hybridized carbons (Fsp3) is 0.533. The summed E-state index contributed by atoms with van der Waals surface area (Å²) in [6, 6.07) is 0.878. The van der Waals surface area contributed by atoms with Crippen molar-refractivity contribution in [2.45, 2.75) is 24.8 Å². The highest BCUT2D eigenvalue weighted by Crippen LogP contribution is 2.36. The summed E-state index contributed by atoms with van der Waals surface area (Å²) >= 11 is 0. The molecule has 2 rings (SSSR count). The molecule has 1 heterocycles. The van der Waals surface area contributed by atoms with Crippen molar-refractivity contribution in [3.63, 3.8) is 0 Å². The van der Waals surface area contributed by atoms with Gasteiger partial charge in [-0.1, -0.05) is 0 Å². The molecule has 0 amide bonds. The van der Waals surface area contributed by atoms with Crippen LogP contribution in [0.3, 0.4) is 0 Å². The number of hydrogen-bond donors (Lipinski definition) is 1. The number of carbonyl (C=O) groups is 1. The highest BCUT2D eigenvalue weighted by Gasteiger charge is 2.31. The number of hydrogen-bond acceptors (Lipinski definition) is 3. The first-order valence-electron chi connectivity index (χ1n) is 6.87. The van der Waals surface area contributed by atoms with Crippen molar-refractivity contribution >= 4 is 5.97 Å². The smallest absolute Gasteiger partial charge is 0.325 e. The molecule has 21 heavy (non-hydrogen) atoms. The van der Waals surface area contributed by atoms with E-state index in [1.807, 2.05) is 0 Å². The Morgan fingerprint density at radius 3 is 2.48 bits per heavy atom. The lowest BCUT2D eigenvalue weighted by Gasteiger charge is -2.29. The van der Waals surface area contributed by atoms with E-state index in [-0.39, 0.29) is 11.5 Å². The number of nitrogens with zero attached hydrogens (tertiary/aromatic N) is 1. The fourth-order valence-corrected chi connectivity index (χ4v) is 2.88. The largest absolute Gasteiger partial charge is 0.480 e. The Kier molecular flexibility index (Phi) is 4.90. The lowest BCUT2D eigenvalue weighted by molar-refractivity contribution is -0.142. The van der Waals surface area contributed by atoms with Crippen molar-refractivity contribution in [3.8, 4) is 0 Å². The molecule has 0 saturated carbocycles. The molecule has 1 aliphatic heterocycles. The zero-order valence-corrected chi connectivity index (χ0v) is 12.1. The van der Waals surface area contributed by atoms with Gasteiger partial charge in [-0.15, -0.1) is 0 Å². The van der Waals surface area contributed by atoms with Crippen LogP contribution in [0, 0.1) is 11.6 Å². The van der Waals surface area contributed by atoms with Crippen molar-refractivity contribution in [1.29, 1.82) is 0 Å². The molecule has 1 fully saturated rings. The SMILES string of the molecule is CN(C)[C@H](C(=O)O)c1cc(F)cc(F)c1C1CCOCC1. The second kappa shape index (κ2) is 6.49. The summed E-state index contributed by atoms with van der Waals surface area (Å²) in [6.07, 6.45) is 1.21. The van der Waals surface area contributed by atoms with E-state index in [0.29, 0.717) is 31.6 Å². The molecule has 1 N–H and O–H groups in total. The van der Waals surface area contributed by atoms with E-state index < -0.39 is 23.6 Å². The van der Waals surface area contributed by atoms with E-state index in [2.05, 4.69) is 0 Å². The number of carboxylic acids is 1. The Balaban J connectivity index is 2.54. The Morgan fingerprint density at radius 2 is 1.95 bits per heavy atom. The summed E-state index contributed by atoms with van der Waals surface area (Å²) in [7, 11) is 3.16. The molecule has 116 valence electrons. The molecule has 1 aromatic carbocycles. The average molecular weight is 299 g/mol. The molecular weight excluding hydrogens is 280 g/mol. The van der Waals surface area contributed by atoms with E-state index in [0.717, 1.165) is 12.1 Å². The lowest BCUT2D eigenvalue weighted by Crippen LogP contribution is -2.30. The van der Waals surface area contributed by atoms with Gasteiger partial charge >= 0.3 is 5.97 Å². The van der Waals surface area contributed by atoms with Crippen LogP contribution in [0.1, 0.15) is 35.9 Å². The van der Waals surface area contributed by atoms with Crippen LogP contribution in [0.15, 0.2) is 12.1 Å². The Hall–Kier alpha value is -1.53. The van der Waals surface area contributed by atoms with Crippen LogP contribution in [0.2, 0.25) is 0 Å². The van der Waals surface area contributed by atoms with E-state index in [9.17, 15) is 18.7 Å². The van der Waals surface area contributed by atoms with Gasteiger partial charge in [0.15, 0.2) is 0 Å². The van der Waals surface area contributed by atoms with Gasteiger partial charge in [-0.05, 0) is 50.0 Å². The first-order valence-corrected chi connectivity index (χ1v) is 6.87. The van der Waals surface area contributed by atoms with Crippen molar-refractivity contribution < 1.29 is 23.4 Å². The quantitative estimate of drug-likeness (QED) is 0.928. The van der Waals surface area contributed by atoms with Gasteiger partial charge in [-0.2, -0.15) is 0 Å². The zero-order valence-electron chi connectivity index (χ0n) is 12.1. The van der Waals surface area contributed by atoms with Crippen molar-refractivity contribution in [1.82, 2.24) is 4.90 Å². The second-order valence-electron chi connectivity index (χ2n) is 5.48. The molecule has 0 bridgehead atoms. The van der Waals surface area contributed by atoms with Crippen LogP contribution in [0.25, 0.3) is 0 Å². The van der Waals surface area contributed by atoms with Gasteiger partial charge in [-0.25, -0.2) is 8.78 Å². The maximum Gasteiger partial charge on any atom is 0.325 e. The van der Waals surface area contributed by atoms with Gasteiger partial charge in [0.1, 0.15) is 17.7 Å². The summed E-state index contributed by atoms with van der Waals surface area (Å²) in [5.41, 5.74) is 0.498. The second-order valence-corrected chi connectivity index (χ2v) is 5.48. The number of carboxylic acid groups (broad SMARTS) is 1. The monoisotopic (exact) mass is 299 g/mol. The highest BCUT2D eigenvalue weighted by molar-refractivity contribution is 5.76. The molecule has 0 aliphatic carbocycles. The summed E-state index contributed by atoms with van der Waals surface area (Å²) in [4.78, 5) is 12.9. The summed E-state index contributed by atoms with van der Waals surface area (Å²) in [5, 5.41) is 9.39. The molecular formula is C15H19F2NO3. The van der Waals surface area contributed by atoms with Gasteiger partial charge in [-0.3, -0.25) is 9.69 Å². The fourth-order valence-electron chi connectivity index (χ4n) is 2.88. The van der Waals surface area contributed by atoms with Crippen LogP contribution in [-0.2, 0) is 9.53 Å². The number of aliphatic carboxylic acids is 1. The third-order valence-corrected chi connectivity index (χ3v) is 3.80. The molecule has 1 aliphatic rings. The third-order valence-electron chi connectivity index (χ3n) is 3.80. The van der Waals surface area contributed by atoms with Gasteiger partial charge in [0.05, 0.1) is 0 Å². The topological polar surface area (TPSA) is 49.8 Å². The van der Waals surface area contributed by atoms with E-state index in [4.69, 9.17) is 4.74 Å². The standard InChI is InChI=1S/C15H19F2NO3/c1-18(2)14(15(19)20)11-7-10(16)8-12(17)13(11)9-3-5-21-6-4-9/h7-9,14H,3-6H2,1-2H3,(H,19,20)/t14-/m0/s1. The number of likely N-dealkylation sites (N-methyl/N-ethyl adjacent to an activating group) is 1. The third kappa shape index (κ3) is 3.39. The summed E-state index contributed by atoms with van der Waals surface area (Å²) < 4.78 is 33.1. The molecule has 6 heteroatoms. The van der Waals surface area contributed by atoms with E-state index in [1.165, 1.54) is 4.90 Å². The predicted octanol–water partition coefficient (Wildman–Crippen LogP) is 2.55. The van der Waals surface area contributed by atoms with Crippen LogP contribution in [-0.4, -0.2) is 43.3 Å². The van der Waals surface area contributed by atoms with Crippen LogP contribution < -0.4 is 0 Å². The normalized spacial score (nSPS) is 18.0. The Labute approximate surface area is 122 Å². The maximum absolute atomic E-state index is 14.3. The van der Waals surface area contributed by atoms with E-state index in [1.54, 1.807) is 14.1 Å². The van der Waals surface area contributed by atoms with E-state index >= 15 is 0 Å². The minimum absolute atomic E-state index is 0.142. The molecule has 1 aromatic rings. The van der Waals surface area contributed by atoms with Gasteiger partial charge < -0.3 is 9.84 Å². The molecule has 4 nitrogen and oxygen atoms in total. The number of halogens is 2.